The summed E-state index contributed by atoms with van der Waals surface area (Å²) in [4.78, 5) is 37.8. The lowest BCUT2D eigenvalue weighted by molar-refractivity contribution is -0.384. The van der Waals surface area contributed by atoms with Crippen LogP contribution in [0, 0.1) is 10.1 Å². The number of carbonyl (C=O) groups excluding carboxylic acids is 2. The molecule has 1 saturated heterocycles. The molecule has 31 heavy (non-hydrogen) atoms. The fraction of sp³-hybridized carbons (Fsp3) is 0.0909. The van der Waals surface area contributed by atoms with E-state index in [4.69, 9.17) is 4.42 Å². The number of rotatable bonds is 5. The molecular weight excluding hydrogens is 468 g/mol. The van der Waals surface area contributed by atoms with Gasteiger partial charge >= 0.3 is 0 Å². The van der Waals surface area contributed by atoms with E-state index in [1.54, 1.807) is 42.5 Å². The molecule has 0 bridgehead atoms. The van der Waals surface area contributed by atoms with Gasteiger partial charge in [0.15, 0.2) is 0 Å². The monoisotopic (exact) mass is 482 g/mol. The van der Waals surface area contributed by atoms with E-state index in [0.29, 0.717) is 16.9 Å². The van der Waals surface area contributed by atoms with Gasteiger partial charge in [-0.05, 0) is 29.8 Å². The molecule has 0 spiro atoms. The Morgan fingerprint density at radius 2 is 1.87 bits per heavy atom. The molecule has 3 aromatic rings. The van der Waals surface area contributed by atoms with E-state index >= 15 is 0 Å². The standard InChI is InChI=1S/C22H15BrN2O6/c23-15-8-6-13(7-9-15)20(26)18-19(14-3-1-4-16(11-14)25(29)30)24(22(28)21(18)27)12-17-5-2-10-31-17/h1-11,19,26H,12H2/b20-18+. The number of aliphatic hydroxyl groups is 1. The molecule has 1 fully saturated rings. The molecule has 2 aromatic carbocycles. The molecule has 1 N–H and O–H groups in total. The smallest absolute Gasteiger partial charge is 0.296 e. The molecule has 9 heteroatoms. The Kier molecular flexibility index (Phi) is 5.43. The minimum atomic E-state index is -1.02. The van der Waals surface area contributed by atoms with E-state index in [1.807, 2.05) is 0 Å². The Labute approximate surface area is 184 Å². The molecule has 2 heterocycles. The van der Waals surface area contributed by atoms with Crippen molar-refractivity contribution in [2.45, 2.75) is 12.6 Å². The van der Waals surface area contributed by atoms with Gasteiger partial charge < -0.3 is 14.4 Å². The van der Waals surface area contributed by atoms with Crippen molar-refractivity contribution in [1.82, 2.24) is 4.90 Å². The second-order valence-corrected chi connectivity index (χ2v) is 7.78. The van der Waals surface area contributed by atoms with Gasteiger partial charge in [-0.1, -0.05) is 40.2 Å². The quantitative estimate of drug-likeness (QED) is 0.187. The van der Waals surface area contributed by atoms with E-state index in [9.17, 15) is 24.8 Å². The van der Waals surface area contributed by atoms with Crippen LogP contribution >= 0.6 is 15.9 Å². The number of aliphatic hydroxyl groups excluding tert-OH is 1. The van der Waals surface area contributed by atoms with Crippen LogP contribution in [-0.2, 0) is 16.1 Å². The number of Topliss-reactive ketones (excluding diaryl/α,β-unsaturated/α-hetero) is 1. The first-order valence-corrected chi connectivity index (χ1v) is 9.97. The fourth-order valence-corrected chi connectivity index (χ4v) is 3.80. The summed E-state index contributed by atoms with van der Waals surface area (Å²) in [7, 11) is 0. The van der Waals surface area contributed by atoms with Crippen molar-refractivity contribution < 1.29 is 24.0 Å². The molecule has 1 aromatic heterocycles. The largest absolute Gasteiger partial charge is 0.507 e. The summed E-state index contributed by atoms with van der Waals surface area (Å²) in [5, 5.41) is 22.2. The number of halogens is 1. The summed E-state index contributed by atoms with van der Waals surface area (Å²) in [6, 6.07) is 14.5. The van der Waals surface area contributed by atoms with Crippen molar-refractivity contribution in [3.8, 4) is 0 Å². The summed E-state index contributed by atoms with van der Waals surface area (Å²) >= 11 is 3.31. The van der Waals surface area contributed by atoms with Crippen LogP contribution in [0.4, 0.5) is 5.69 Å². The van der Waals surface area contributed by atoms with Gasteiger partial charge in [-0.3, -0.25) is 19.7 Å². The zero-order chi connectivity index (χ0) is 22.1. The Morgan fingerprint density at radius 1 is 1.13 bits per heavy atom. The third-order valence-corrected chi connectivity index (χ3v) is 5.49. The highest BCUT2D eigenvalue weighted by molar-refractivity contribution is 9.10. The second-order valence-electron chi connectivity index (χ2n) is 6.87. The molecule has 0 radical (unpaired) electrons. The predicted octanol–water partition coefficient (Wildman–Crippen LogP) is 4.57. The highest BCUT2D eigenvalue weighted by atomic mass is 79.9. The van der Waals surface area contributed by atoms with Gasteiger partial charge in [-0.25, -0.2) is 0 Å². The fourth-order valence-electron chi connectivity index (χ4n) is 3.53. The van der Waals surface area contributed by atoms with Gasteiger partial charge in [-0.2, -0.15) is 0 Å². The number of likely N-dealkylation sites (tertiary alicyclic amines) is 1. The SMILES string of the molecule is O=C1C(=O)N(Cc2ccco2)C(c2cccc([N+](=O)[O-])c2)/C1=C(\O)c1ccc(Br)cc1. The summed E-state index contributed by atoms with van der Waals surface area (Å²) < 4.78 is 6.10. The maximum Gasteiger partial charge on any atom is 0.296 e. The van der Waals surface area contributed by atoms with E-state index in [1.165, 1.54) is 29.4 Å². The summed E-state index contributed by atoms with van der Waals surface area (Å²) in [6.45, 7) is -0.0396. The molecule has 0 saturated carbocycles. The van der Waals surface area contributed by atoms with Crippen LogP contribution in [0.25, 0.3) is 5.76 Å². The number of hydrogen-bond donors (Lipinski definition) is 1. The first kappa shape index (κ1) is 20.5. The number of nitro benzene ring substituents is 1. The van der Waals surface area contributed by atoms with E-state index in [-0.39, 0.29) is 23.6 Å². The van der Waals surface area contributed by atoms with Crippen molar-refractivity contribution in [2.24, 2.45) is 0 Å². The van der Waals surface area contributed by atoms with E-state index in [0.717, 1.165) is 4.47 Å². The van der Waals surface area contributed by atoms with E-state index < -0.39 is 22.7 Å². The number of furan rings is 1. The van der Waals surface area contributed by atoms with Crippen LogP contribution in [-0.4, -0.2) is 26.6 Å². The van der Waals surface area contributed by atoms with Crippen LogP contribution in [0.2, 0.25) is 0 Å². The van der Waals surface area contributed by atoms with Crippen LogP contribution < -0.4 is 0 Å². The van der Waals surface area contributed by atoms with Crippen molar-refractivity contribution in [3.05, 3.63) is 104 Å². The topological polar surface area (TPSA) is 114 Å². The summed E-state index contributed by atoms with van der Waals surface area (Å²) in [6.07, 6.45) is 1.44. The third kappa shape index (κ3) is 3.87. The number of non-ortho nitro benzene ring substituents is 1. The molecule has 1 aliphatic heterocycles. The molecule has 8 nitrogen and oxygen atoms in total. The van der Waals surface area contributed by atoms with Gasteiger partial charge in [-0.15, -0.1) is 0 Å². The first-order valence-electron chi connectivity index (χ1n) is 9.18. The van der Waals surface area contributed by atoms with Crippen molar-refractivity contribution >= 4 is 39.1 Å². The lowest BCUT2D eigenvalue weighted by atomic mass is 9.95. The predicted molar refractivity (Wildman–Crippen MR) is 114 cm³/mol. The zero-order valence-electron chi connectivity index (χ0n) is 15.9. The summed E-state index contributed by atoms with van der Waals surface area (Å²) in [5.41, 5.74) is 0.345. The number of ketones is 1. The number of carbonyl (C=O) groups is 2. The van der Waals surface area contributed by atoms with Crippen molar-refractivity contribution in [3.63, 3.8) is 0 Å². The molecule has 1 aliphatic rings. The first-order chi connectivity index (χ1) is 14.9. The molecule has 1 unspecified atom stereocenters. The second kappa shape index (κ2) is 8.19. The molecular formula is C22H15BrN2O6. The summed E-state index contributed by atoms with van der Waals surface area (Å²) in [5.74, 6) is -1.62. The lowest BCUT2D eigenvalue weighted by Gasteiger charge is -2.24. The van der Waals surface area contributed by atoms with Gasteiger partial charge in [0, 0.05) is 22.2 Å². The van der Waals surface area contributed by atoms with Gasteiger partial charge in [0.1, 0.15) is 11.5 Å². The van der Waals surface area contributed by atoms with Gasteiger partial charge in [0.25, 0.3) is 17.4 Å². The van der Waals surface area contributed by atoms with Crippen LogP contribution in [0.5, 0.6) is 0 Å². The Morgan fingerprint density at radius 3 is 2.52 bits per heavy atom. The average Bonchev–Trinajstić information content (AvgIpc) is 3.36. The molecule has 156 valence electrons. The minimum absolute atomic E-state index is 0.0396. The molecule has 1 atom stereocenters. The number of hydrogen-bond acceptors (Lipinski definition) is 6. The van der Waals surface area contributed by atoms with Crippen LogP contribution in [0.1, 0.15) is 22.9 Å². The normalized spacial score (nSPS) is 17.8. The Hall–Kier alpha value is -3.72. The third-order valence-electron chi connectivity index (χ3n) is 4.96. The number of nitro groups is 1. The van der Waals surface area contributed by atoms with Crippen LogP contribution in [0.15, 0.2) is 81.4 Å². The van der Waals surface area contributed by atoms with E-state index in [2.05, 4.69) is 15.9 Å². The minimum Gasteiger partial charge on any atom is -0.507 e. The molecule has 0 aliphatic carbocycles. The lowest BCUT2D eigenvalue weighted by Crippen LogP contribution is -2.29. The highest BCUT2D eigenvalue weighted by Crippen LogP contribution is 2.41. The Balaban J connectivity index is 1.89. The Bertz CT molecular complexity index is 1200. The number of benzene rings is 2. The van der Waals surface area contributed by atoms with Crippen LogP contribution in [0.3, 0.4) is 0 Å². The maximum absolute atomic E-state index is 12.9. The molecule has 1 amide bonds. The molecule has 4 rings (SSSR count). The average molecular weight is 483 g/mol. The zero-order valence-corrected chi connectivity index (χ0v) is 17.5. The van der Waals surface area contributed by atoms with Gasteiger partial charge in [0.05, 0.1) is 29.3 Å². The maximum atomic E-state index is 12.9. The highest BCUT2D eigenvalue weighted by Gasteiger charge is 2.46. The van der Waals surface area contributed by atoms with Crippen molar-refractivity contribution in [1.29, 1.82) is 0 Å². The van der Waals surface area contributed by atoms with Crippen molar-refractivity contribution in [2.75, 3.05) is 0 Å². The van der Waals surface area contributed by atoms with Gasteiger partial charge in [0.2, 0.25) is 0 Å². The number of amides is 1. The number of nitrogens with zero attached hydrogens (tertiary/aromatic N) is 2.